The van der Waals surface area contributed by atoms with E-state index in [0.29, 0.717) is 34.5 Å². The highest BCUT2D eigenvalue weighted by atomic mass is 32.1. The first-order valence-corrected chi connectivity index (χ1v) is 9.07. The zero-order valence-corrected chi connectivity index (χ0v) is 15.0. The standard InChI is InChI=1S/C19H20N2O3S/c1-23-13-7-6-10(8-14(13)24-2)9-21-19(22)16-15-11-4-3-5-12(11)17(15)25-18(16)20/h4,6-8,12H,3,5,9,20H2,1-2H3,(H,21,22). The number of carbonyl (C=O) groups is 1. The van der Waals surface area contributed by atoms with Gasteiger partial charge in [-0.05, 0) is 36.1 Å². The molecule has 2 aliphatic rings. The van der Waals surface area contributed by atoms with Gasteiger partial charge < -0.3 is 20.5 Å². The molecule has 2 aromatic rings. The van der Waals surface area contributed by atoms with Crippen molar-refractivity contribution in [2.45, 2.75) is 25.3 Å². The fourth-order valence-corrected chi connectivity index (χ4v) is 4.90. The van der Waals surface area contributed by atoms with Crippen LogP contribution in [0.2, 0.25) is 0 Å². The van der Waals surface area contributed by atoms with Crippen molar-refractivity contribution in [3.8, 4) is 11.5 Å². The summed E-state index contributed by atoms with van der Waals surface area (Å²) in [6.07, 6.45) is 4.48. The summed E-state index contributed by atoms with van der Waals surface area (Å²) in [6, 6.07) is 5.61. The van der Waals surface area contributed by atoms with Gasteiger partial charge in [-0.1, -0.05) is 12.1 Å². The van der Waals surface area contributed by atoms with E-state index >= 15 is 0 Å². The fourth-order valence-electron chi connectivity index (χ4n) is 3.66. The summed E-state index contributed by atoms with van der Waals surface area (Å²) in [6.45, 7) is 0.408. The Bertz CT molecular complexity index is 885. The summed E-state index contributed by atoms with van der Waals surface area (Å²) >= 11 is 1.56. The minimum atomic E-state index is -0.115. The molecule has 1 heterocycles. The number of nitrogens with one attached hydrogen (secondary N) is 1. The van der Waals surface area contributed by atoms with Crippen molar-refractivity contribution >= 4 is 27.8 Å². The van der Waals surface area contributed by atoms with E-state index in [2.05, 4.69) is 11.4 Å². The Balaban J connectivity index is 1.52. The molecule has 1 unspecified atom stereocenters. The third-order valence-corrected chi connectivity index (χ3v) is 6.02. The van der Waals surface area contributed by atoms with Crippen LogP contribution < -0.4 is 20.5 Å². The molecule has 1 amide bonds. The molecule has 4 rings (SSSR count). The predicted octanol–water partition coefficient (Wildman–Crippen LogP) is 3.55. The van der Waals surface area contributed by atoms with Crippen molar-refractivity contribution in [2.75, 3.05) is 20.0 Å². The van der Waals surface area contributed by atoms with E-state index in [1.54, 1.807) is 25.6 Å². The first-order valence-electron chi connectivity index (χ1n) is 8.25. The third kappa shape index (κ3) is 2.48. The lowest BCUT2D eigenvalue weighted by atomic mass is 9.79. The minimum Gasteiger partial charge on any atom is -0.493 e. The summed E-state index contributed by atoms with van der Waals surface area (Å²) in [7, 11) is 3.19. The number of hydrogen-bond acceptors (Lipinski definition) is 5. The maximum absolute atomic E-state index is 12.7. The van der Waals surface area contributed by atoms with Gasteiger partial charge in [0.2, 0.25) is 0 Å². The number of methoxy groups -OCH3 is 2. The van der Waals surface area contributed by atoms with Crippen LogP contribution in [-0.2, 0) is 6.54 Å². The van der Waals surface area contributed by atoms with Crippen LogP contribution in [0.5, 0.6) is 11.5 Å². The molecule has 0 radical (unpaired) electrons. The van der Waals surface area contributed by atoms with E-state index in [1.807, 2.05) is 18.2 Å². The van der Waals surface area contributed by atoms with Crippen LogP contribution in [0.1, 0.15) is 45.1 Å². The maximum atomic E-state index is 12.7. The Morgan fingerprint density at radius 2 is 2.12 bits per heavy atom. The highest BCUT2D eigenvalue weighted by Crippen LogP contribution is 2.58. The molecule has 0 saturated heterocycles. The van der Waals surface area contributed by atoms with Gasteiger partial charge in [-0.25, -0.2) is 0 Å². The zero-order chi connectivity index (χ0) is 17.6. The number of carbonyl (C=O) groups excluding carboxylic acids is 1. The lowest BCUT2D eigenvalue weighted by Crippen LogP contribution is -2.25. The van der Waals surface area contributed by atoms with E-state index in [0.717, 1.165) is 24.0 Å². The maximum Gasteiger partial charge on any atom is 0.255 e. The molecule has 6 heteroatoms. The van der Waals surface area contributed by atoms with Gasteiger partial charge in [-0.2, -0.15) is 0 Å². The van der Waals surface area contributed by atoms with Crippen molar-refractivity contribution in [1.29, 1.82) is 0 Å². The first-order chi connectivity index (χ1) is 12.1. The fraction of sp³-hybridized carbons (Fsp3) is 0.316. The topological polar surface area (TPSA) is 73.6 Å². The minimum absolute atomic E-state index is 0.115. The molecule has 0 bridgehead atoms. The molecule has 0 spiro atoms. The van der Waals surface area contributed by atoms with Crippen LogP contribution in [0.15, 0.2) is 24.3 Å². The Labute approximate surface area is 150 Å². The van der Waals surface area contributed by atoms with Gasteiger partial charge in [0.05, 0.1) is 24.8 Å². The Kier molecular flexibility index (Phi) is 3.92. The third-order valence-electron chi connectivity index (χ3n) is 4.89. The number of thiophene rings is 1. The number of amides is 1. The number of nitrogen functional groups attached to an aromatic ring is 1. The largest absolute Gasteiger partial charge is 0.493 e. The number of nitrogens with two attached hydrogens (primary N) is 1. The van der Waals surface area contributed by atoms with Crippen molar-refractivity contribution in [3.63, 3.8) is 0 Å². The van der Waals surface area contributed by atoms with Crippen LogP contribution in [0.3, 0.4) is 0 Å². The van der Waals surface area contributed by atoms with E-state index in [-0.39, 0.29) is 5.91 Å². The molecule has 3 N–H and O–H groups in total. The molecule has 1 atom stereocenters. The number of ether oxygens (including phenoxy) is 2. The zero-order valence-electron chi connectivity index (χ0n) is 14.2. The molecular weight excluding hydrogens is 336 g/mol. The number of hydrogen-bond donors (Lipinski definition) is 2. The van der Waals surface area contributed by atoms with Crippen LogP contribution in [0.25, 0.3) is 5.57 Å². The average Bonchev–Trinajstić information content (AvgIpc) is 3.17. The van der Waals surface area contributed by atoms with Crippen LogP contribution in [0.4, 0.5) is 5.00 Å². The smallest absolute Gasteiger partial charge is 0.255 e. The molecule has 0 saturated carbocycles. The summed E-state index contributed by atoms with van der Waals surface area (Å²) in [5.41, 5.74) is 10.1. The van der Waals surface area contributed by atoms with Crippen molar-refractivity contribution < 1.29 is 14.3 Å². The summed E-state index contributed by atoms with van der Waals surface area (Å²) in [5.74, 6) is 1.71. The highest BCUT2D eigenvalue weighted by Gasteiger charge is 2.41. The van der Waals surface area contributed by atoms with Gasteiger partial charge in [0.15, 0.2) is 11.5 Å². The van der Waals surface area contributed by atoms with Gasteiger partial charge in [0, 0.05) is 22.9 Å². The van der Waals surface area contributed by atoms with Crippen molar-refractivity contribution in [1.82, 2.24) is 5.32 Å². The van der Waals surface area contributed by atoms with Gasteiger partial charge in [0.25, 0.3) is 5.91 Å². The lowest BCUT2D eigenvalue weighted by Gasteiger charge is -2.26. The van der Waals surface area contributed by atoms with Gasteiger partial charge in [-0.3, -0.25) is 4.79 Å². The van der Waals surface area contributed by atoms with E-state index in [1.165, 1.54) is 10.5 Å². The molecule has 25 heavy (non-hydrogen) atoms. The van der Waals surface area contributed by atoms with E-state index in [9.17, 15) is 4.79 Å². The number of fused-ring (bicyclic) bond motifs is 4. The second-order valence-electron chi connectivity index (χ2n) is 6.24. The highest BCUT2D eigenvalue weighted by molar-refractivity contribution is 7.17. The summed E-state index contributed by atoms with van der Waals surface area (Å²) < 4.78 is 10.5. The molecule has 0 fully saturated rings. The Morgan fingerprint density at radius 3 is 2.88 bits per heavy atom. The summed E-state index contributed by atoms with van der Waals surface area (Å²) in [4.78, 5) is 14.0. The molecular formula is C19H20N2O3S. The molecule has 1 aromatic heterocycles. The quantitative estimate of drug-likeness (QED) is 0.859. The number of anilines is 1. The van der Waals surface area contributed by atoms with Crippen molar-refractivity contribution in [3.05, 3.63) is 45.8 Å². The van der Waals surface area contributed by atoms with Crippen molar-refractivity contribution in [2.24, 2.45) is 0 Å². The van der Waals surface area contributed by atoms with Crippen LogP contribution >= 0.6 is 11.3 Å². The van der Waals surface area contributed by atoms with E-state index in [4.69, 9.17) is 15.2 Å². The van der Waals surface area contributed by atoms with Crippen LogP contribution in [0, 0.1) is 0 Å². The monoisotopic (exact) mass is 356 g/mol. The van der Waals surface area contributed by atoms with Gasteiger partial charge >= 0.3 is 0 Å². The Hall–Kier alpha value is -2.47. The lowest BCUT2D eigenvalue weighted by molar-refractivity contribution is 0.0951. The van der Waals surface area contributed by atoms with E-state index < -0.39 is 0 Å². The second-order valence-corrected chi connectivity index (χ2v) is 7.33. The SMILES string of the molecule is COc1ccc(CNC(=O)c2c(N)sc3c2C2=CCCC23)cc1OC. The predicted molar refractivity (Wildman–Crippen MR) is 99.4 cm³/mol. The number of benzene rings is 1. The summed E-state index contributed by atoms with van der Waals surface area (Å²) in [5, 5.41) is 3.59. The number of rotatable bonds is 5. The number of allylic oxidation sites excluding steroid dienone is 2. The van der Waals surface area contributed by atoms with Crippen LogP contribution in [-0.4, -0.2) is 20.1 Å². The first kappa shape index (κ1) is 16.0. The Morgan fingerprint density at radius 1 is 1.32 bits per heavy atom. The molecule has 1 aromatic carbocycles. The molecule has 130 valence electrons. The molecule has 2 aliphatic carbocycles. The normalized spacial score (nSPS) is 17.2. The van der Waals surface area contributed by atoms with Gasteiger partial charge in [-0.15, -0.1) is 11.3 Å². The molecule has 0 aliphatic heterocycles. The molecule has 5 nitrogen and oxygen atoms in total. The van der Waals surface area contributed by atoms with Gasteiger partial charge in [0.1, 0.15) is 0 Å². The average molecular weight is 356 g/mol. The second kappa shape index (κ2) is 6.11.